The lowest BCUT2D eigenvalue weighted by molar-refractivity contribution is -0.128. The van der Waals surface area contributed by atoms with E-state index in [2.05, 4.69) is 36.4 Å². The van der Waals surface area contributed by atoms with Gasteiger partial charge in [0.25, 0.3) is 0 Å². The lowest BCUT2D eigenvalue weighted by Crippen LogP contribution is -2.58. The molecule has 0 unspecified atom stereocenters. The van der Waals surface area contributed by atoms with Crippen LogP contribution in [0.25, 0.3) is 28.0 Å². The Bertz CT molecular complexity index is 1850. The predicted octanol–water partition coefficient (Wildman–Crippen LogP) is 5.83. The van der Waals surface area contributed by atoms with Crippen molar-refractivity contribution in [3.05, 3.63) is 93.9 Å². The van der Waals surface area contributed by atoms with Gasteiger partial charge >= 0.3 is 5.69 Å². The Kier molecular flexibility index (Phi) is 8.89. The predicted molar refractivity (Wildman–Crippen MR) is 175 cm³/mol. The van der Waals surface area contributed by atoms with Gasteiger partial charge in [0, 0.05) is 37.3 Å². The summed E-state index contributed by atoms with van der Waals surface area (Å²) in [7, 11) is 3.99. The highest BCUT2D eigenvalue weighted by atomic mass is 19.1. The van der Waals surface area contributed by atoms with Gasteiger partial charge in [0.15, 0.2) is 5.65 Å². The van der Waals surface area contributed by atoms with Crippen LogP contribution in [0.4, 0.5) is 14.6 Å². The minimum Gasteiger partial charge on any atom is -0.349 e. The Morgan fingerprint density at radius 3 is 2.42 bits per heavy atom. The Morgan fingerprint density at radius 2 is 1.78 bits per heavy atom. The normalized spacial score (nSPS) is 17.0. The van der Waals surface area contributed by atoms with Crippen molar-refractivity contribution < 1.29 is 13.6 Å². The fourth-order valence-electron chi connectivity index (χ4n) is 6.30. The summed E-state index contributed by atoms with van der Waals surface area (Å²) in [6, 6.07) is 10.8. The van der Waals surface area contributed by atoms with E-state index < -0.39 is 17.3 Å². The molecule has 1 amide bonds. The first-order valence-corrected chi connectivity index (χ1v) is 15.2. The standard InChI is InChI=1S/C35H40F2N6O2/c1-9-30(44)41-17-23(6)42(18-22(41)5)33-27-16-29(37)31(25-12-10-11-13-28(25)36)38-34(27)43(35(45)39-33)32-21(4)14-24(19-40(7)8)15-26(32)20(2)3/h9-16,20,22-23H,1,17-19H2,2-8H3/t22-,23+/m1/s1. The van der Waals surface area contributed by atoms with E-state index in [4.69, 9.17) is 4.98 Å². The molecule has 0 bridgehead atoms. The molecule has 0 aliphatic carbocycles. The number of nitrogens with zero attached hydrogens (tertiary/aromatic N) is 6. The number of rotatable bonds is 7. The van der Waals surface area contributed by atoms with Crippen LogP contribution in [-0.4, -0.2) is 69.5 Å². The molecule has 236 valence electrons. The third kappa shape index (κ3) is 5.99. The fraction of sp³-hybridized carbons (Fsp3) is 0.371. The van der Waals surface area contributed by atoms with E-state index in [0.29, 0.717) is 30.7 Å². The van der Waals surface area contributed by atoms with Crippen LogP contribution in [0.2, 0.25) is 0 Å². The molecule has 4 aromatic rings. The van der Waals surface area contributed by atoms with Gasteiger partial charge in [-0.05, 0) is 81.7 Å². The summed E-state index contributed by atoms with van der Waals surface area (Å²) in [5, 5.41) is 0.321. The number of benzene rings is 2. The Hall–Kier alpha value is -4.44. The molecule has 1 saturated heterocycles. The number of carbonyl (C=O) groups is 1. The summed E-state index contributed by atoms with van der Waals surface area (Å²) >= 11 is 0. The topological polar surface area (TPSA) is 74.6 Å². The molecule has 8 nitrogen and oxygen atoms in total. The number of aromatic nitrogens is 3. The van der Waals surface area contributed by atoms with Crippen molar-refractivity contribution in [3.63, 3.8) is 0 Å². The van der Waals surface area contributed by atoms with Gasteiger partial charge < -0.3 is 14.7 Å². The summed E-state index contributed by atoms with van der Waals surface area (Å²) in [5.74, 6) is -1.23. The van der Waals surface area contributed by atoms with E-state index in [1.807, 2.05) is 45.8 Å². The quantitative estimate of drug-likeness (QED) is 0.244. The summed E-state index contributed by atoms with van der Waals surface area (Å²) in [6.07, 6.45) is 1.29. The smallest absolute Gasteiger partial charge is 0.349 e. The summed E-state index contributed by atoms with van der Waals surface area (Å²) in [6.45, 7) is 14.9. The SMILES string of the molecule is C=CC(=O)N1C[C@H](C)N(c2nc(=O)n(-c3c(C)cc(CN(C)C)cc3C(C)C)c3nc(-c4ccccc4F)c(F)cc23)C[C@H]1C. The molecule has 2 aromatic heterocycles. The second-order valence-corrected chi connectivity index (χ2v) is 12.5. The summed E-state index contributed by atoms with van der Waals surface area (Å²) in [4.78, 5) is 41.7. The molecule has 2 aromatic carbocycles. The van der Waals surface area contributed by atoms with Gasteiger partial charge in [0.2, 0.25) is 5.91 Å². The van der Waals surface area contributed by atoms with Crippen LogP contribution in [0.5, 0.6) is 0 Å². The van der Waals surface area contributed by atoms with E-state index >= 15 is 4.39 Å². The first-order valence-electron chi connectivity index (χ1n) is 15.2. The molecule has 5 rings (SSSR count). The maximum atomic E-state index is 16.0. The van der Waals surface area contributed by atoms with Crippen molar-refractivity contribution in [2.75, 3.05) is 32.1 Å². The van der Waals surface area contributed by atoms with E-state index in [1.54, 1.807) is 11.0 Å². The highest BCUT2D eigenvalue weighted by molar-refractivity contribution is 5.91. The first-order chi connectivity index (χ1) is 21.3. The number of halogens is 2. The third-order valence-corrected chi connectivity index (χ3v) is 8.38. The molecule has 10 heteroatoms. The van der Waals surface area contributed by atoms with E-state index in [-0.39, 0.29) is 46.6 Å². The fourth-order valence-corrected chi connectivity index (χ4v) is 6.30. The molecular formula is C35H40F2N6O2. The van der Waals surface area contributed by atoms with Crippen LogP contribution in [0.1, 0.15) is 50.3 Å². The van der Waals surface area contributed by atoms with E-state index in [0.717, 1.165) is 16.7 Å². The molecule has 2 atom stereocenters. The molecule has 45 heavy (non-hydrogen) atoms. The highest BCUT2D eigenvalue weighted by Crippen LogP contribution is 2.35. The van der Waals surface area contributed by atoms with Crippen LogP contribution < -0.4 is 10.6 Å². The number of amides is 1. The lowest BCUT2D eigenvalue weighted by Gasteiger charge is -2.44. The van der Waals surface area contributed by atoms with Crippen molar-refractivity contribution in [2.45, 2.75) is 59.2 Å². The van der Waals surface area contributed by atoms with Crippen molar-refractivity contribution in [3.8, 4) is 16.9 Å². The zero-order chi connectivity index (χ0) is 32.7. The zero-order valence-electron chi connectivity index (χ0n) is 26.9. The molecule has 1 aliphatic heterocycles. The van der Waals surface area contributed by atoms with Gasteiger partial charge in [-0.25, -0.2) is 23.1 Å². The number of anilines is 1. The van der Waals surface area contributed by atoms with Crippen LogP contribution in [-0.2, 0) is 11.3 Å². The van der Waals surface area contributed by atoms with Crippen LogP contribution in [0.3, 0.4) is 0 Å². The van der Waals surface area contributed by atoms with Crippen molar-refractivity contribution in [1.82, 2.24) is 24.3 Å². The number of carbonyl (C=O) groups excluding carboxylic acids is 1. The summed E-state index contributed by atoms with van der Waals surface area (Å²) < 4.78 is 32.4. The molecule has 1 aliphatic rings. The van der Waals surface area contributed by atoms with Crippen molar-refractivity contribution >= 4 is 22.8 Å². The highest BCUT2D eigenvalue weighted by Gasteiger charge is 2.34. The van der Waals surface area contributed by atoms with E-state index in [1.165, 1.54) is 34.9 Å². The molecular weight excluding hydrogens is 574 g/mol. The van der Waals surface area contributed by atoms with Gasteiger partial charge in [-0.3, -0.25) is 4.79 Å². The Morgan fingerprint density at radius 1 is 1.07 bits per heavy atom. The molecule has 0 saturated carbocycles. The monoisotopic (exact) mass is 614 g/mol. The lowest BCUT2D eigenvalue weighted by atomic mass is 9.94. The number of hydrogen-bond donors (Lipinski definition) is 0. The van der Waals surface area contributed by atoms with Gasteiger partial charge in [0.05, 0.1) is 11.1 Å². The third-order valence-electron chi connectivity index (χ3n) is 8.38. The van der Waals surface area contributed by atoms with Gasteiger partial charge in [-0.15, -0.1) is 0 Å². The largest absolute Gasteiger partial charge is 0.355 e. The van der Waals surface area contributed by atoms with Crippen LogP contribution in [0, 0.1) is 18.6 Å². The first kappa shape index (κ1) is 32.0. The Balaban J connectivity index is 1.83. The zero-order valence-corrected chi connectivity index (χ0v) is 26.9. The number of fused-ring (bicyclic) bond motifs is 1. The van der Waals surface area contributed by atoms with Crippen LogP contribution in [0.15, 0.2) is 59.9 Å². The average molecular weight is 615 g/mol. The molecule has 0 spiro atoms. The van der Waals surface area contributed by atoms with Crippen molar-refractivity contribution in [1.29, 1.82) is 0 Å². The number of aryl methyl sites for hydroxylation is 1. The minimum atomic E-state index is -0.732. The summed E-state index contributed by atoms with van der Waals surface area (Å²) in [5.41, 5.74) is 2.88. The second kappa shape index (κ2) is 12.5. The van der Waals surface area contributed by atoms with Gasteiger partial charge in [0.1, 0.15) is 23.1 Å². The molecule has 0 radical (unpaired) electrons. The number of pyridine rings is 1. The van der Waals surface area contributed by atoms with Gasteiger partial charge in [-0.2, -0.15) is 4.98 Å². The second-order valence-electron chi connectivity index (χ2n) is 12.5. The molecule has 0 N–H and O–H groups in total. The molecule has 3 heterocycles. The maximum absolute atomic E-state index is 16.0. The minimum absolute atomic E-state index is 0.00469. The number of hydrogen-bond acceptors (Lipinski definition) is 6. The maximum Gasteiger partial charge on any atom is 0.355 e. The van der Waals surface area contributed by atoms with Gasteiger partial charge in [-0.1, -0.05) is 44.7 Å². The van der Waals surface area contributed by atoms with E-state index in [9.17, 15) is 14.0 Å². The Labute approximate surface area is 262 Å². The number of piperazine rings is 1. The molecule has 1 fully saturated rings. The van der Waals surface area contributed by atoms with Crippen LogP contribution >= 0.6 is 0 Å². The van der Waals surface area contributed by atoms with Crippen molar-refractivity contribution in [2.24, 2.45) is 0 Å². The average Bonchev–Trinajstić information content (AvgIpc) is 2.97.